The lowest BCUT2D eigenvalue weighted by atomic mass is 10.2. The minimum absolute atomic E-state index is 0.0115. The van der Waals surface area contributed by atoms with Crippen LogP contribution in [0.5, 0.6) is 0 Å². The van der Waals surface area contributed by atoms with Crippen molar-refractivity contribution in [3.63, 3.8) is 0 Å². The van der Waals surface area contributed by atoms with E-state index in [1.54, 1.807) is 29.9 Å². The number of anilines is 1. The number of hydrogen-bond donors (Lipinski definition) is 1. The predicted molar refractivity (Wildman–Crippen MR) is 67.6 cm³/mol. The first-order valence-corrected chi connectivity index (χ1v) is 5.44. The van der Waals surface area contributed by atoms with Crippen molar-refractivity contribution in [2.45, 2.75) is 13.0 Å². The van der Waals surface area contributed by atoms with E-state index in [1.165, 1.54) is 0 Å². The lowest BCUT2D eigenvalue weighted by molar-refractivity contribution is -0.131. The van der Waals surface area contributed by atoms with Crippen LogP contribution in [0.3, 0.4) is 0 Å². The summed E-state index contributed by atoms with van der Waals surface area (Å²) in [5.74, 6) is 0.0115. The van der Waals surface area contributed by atoms with Crippen LogP contribution in [0, 0.1) is 0 Å². The summed E-state index contributed by atoms with van der Waals surface area (Å²) in [5.41, 5.74) is 7.30. The molecule has 0 bridgehead atoms. The third kappa shape index (κ3) is 1.95. The molecule has 1 amide bonds. The molecule has 5 nitrogen and oxygen atoms in total. The van der Waals surface area contributed by atoms with Crippen LogP contribution < -0.4 is 5.73 Å². The Labute approximate surface area is 99.8 Å². The fourth-order valence-corrected chi connectivity index (χ4v) is 1.84. The van der Waals surface area contributed by atoms with Crippen molar-refractivity contribution in [2.75, 3.05) is 19.8 Å². The summed E-state index contributed by atoms with van der Waals surface area (Å²) in [5, 5.41) is 5.24. The molecule has 0 saturated carbocycles. The van der Waals surface area contributed by atoms with Crippen LogP contribution in [-0.2, 0) is 4.79 Å². The molecule has 0 aliphatic heterocycles. The standard InChI is InChI=1S/C12H16N4O/c1-8(12(17)15(2)3)16-11-6-10(13)5-4-9(11)7-14-16/h4-8H,13H2,1-3H3. The Kier molecular flexibility index (Phi) is 2.75. The molecule has 2 rings (SSSR count). The number of rotatable bonds is 2. The zero-order valence-electron chi connectivity index (χ0n) is 10.2. The van der Waals surface area contributed by atoms with Crippen LogP contribution in [0.2, 0.25) is 0 Å². The minimum Gasteiger partial charge on any atom is -0.399 e. The Morgan fingerprint density at radius 3 is 2.82 bits per heavy atom. The Hall–Kier alpha value is -2.04. The van der Waals surface area contributed by atoms with Gasteiger partial charge >= 0.3 is 0 Å². The quantitative estimate of drug-likeness (QED) is 0.793. The van der Waals surface area contributed by atoms with Crippen molar-refractivity contribution in [1.29, 1.82) is 0 Å². The SMILES string of the molecule is CC(C(=O)N(C)C)n1ncc2ccc(N)cc21. The van der Waals surface area contributed by atoms with Crippen molar-refractivity contribution in [3.8, 4) is 0 Å². The molecule has 0 radical (unpaired) electrons. The molecule has 1 atom stereocenters. The average Bonchev–Trinajstić information content (AvgIpc) is 2.69. The van der Waals surface area contributed by atoms with Crippen molar-refractivity contribution < 1.29 is 4.79 Å². The first-order valence-electron chi connectivity index (χ1n) is 5.44. The van der Waals surface area contributed by atoms with Crippen LogP contribution in [0.15, 0.2) is 24.4 Å². The summed E-state index contributed by atoms with van der Waals surface area (Å²) in [6, 6.07) is 5.24. The Morgan fingerprint density at radius 2 is 2.18 bits per heavy atom. The zero-order valence-corrected chi connectivity index (χ0v) is 10.2. The van der Waals surface area contributed by atoms with E-state index in [1.807, 2.05) is 25.1 Å². The summed E-state index contributed by atoms with van der Waals surface area (Å²) in [6.07, 6.45) is 1.74. The number of nitrogens with two attached hydrogens (primary N) is 1. The lowest BCUT2D eigenvalue weighted by Crippen LogP contribution is -2.30. The van der Waals surface area contributed by atoms with Crippen LogP contribution >= 0.6 is 0 Å². The summed E-state index contributed by atoms with van der Waals surface area (Å²) >= 11 is 0. The van der Waals surface area contributed by atoms with Gasteiger partial charge in [-0.2, -0.15) is 5.10 Å². The number of nitrogen functional groups attached to an aromatic ring is 1. The number of hydrogen-bond acceptors (Lipinski definition) is 3. The third-order valence-corrected chi connectivity index (χ3v) is 2.79. The van der Waals surface area contributed by atoms with E-state index in [4.69, 9.17) is 5.73 Å². The number of carbonyl (C=O) groups is 1. The molecular formula is C12H16N4O. The van der Waals surface area contributed by atoms with Crippen molar-refractivity contribution in [3.05, 3.63) is 24.4 Å². The summed E-state index contributed by atoms with van der Waals surface area (Å²) in [4.78, 5) is 13.5. The summed E-state index contributed by atoms with van der Waals surface area (Å²) in [7, 11) is 3.47. The maximum Gasteiger partial charge on any atom is 0.246 e. The van der Waals surface area contributed by atoms with Crippen LogP contribution in [0.1, 0.15) is 13.0 Å². The highest BCUT2D eigenvalue weighted by molar-refractivity contribution is 5.85. The monoisotopic (exact) mass is 232 g/mol. The lowest BCUT2D eigenvalue weighted by Gasteiger charge is -2.17. The Morgan fingerprint density at radius 1 is 1.47 bits per heavy atom. The number of fused-ring (bicyclic) bond motifs is 1. The number of carbonyl (C=O) groups excluding carboxylic acids is 1. The smallest absolute Gasteiger partial charge is 0.246 e. The molecule has 0 aliphatic carbocycles. The van der Waals surface area contributed by atoms with Crippen LogP contribution in [0.25, 0.3) is 10.9 Å². The van der Waals surface area contributed by atoms with E-state index in [-0.39, 0.29) is 11.9 Å². The molecule has 90 valence electrons. The number of likely N-dealkylation sites (N-methyl/N-ethyl adjacent to an activating group) is 1. The molecule has 0 aliphatic rings. The van der Waals surface area contributed by atoms with Gasteiger partial charge in [0.05, 0.1) is 11.7 Å². The molecule has 0 saturated heterocycles. The van der Waals surface area contributed by atoms with Gasteiger partial charge in [-0.05, 0) is 25.1 Å². The molecular weight excluding hydrogens is 216 g/mol. The summed E-state index contributed by atoms with van der Waals surface area (Å²) in [6.45, 7) is 1.83. The molecule has 2 N–H and O–H groups in total. The van der Waals surface area contributed by atoms with E-state index < -0.39 is 0 Å². The molecule has 1 heterocycles. The van der Waals surface area contributed by atoms with Crippen LogP contribution in [0.4, 0.5) is 5.69 Å². The molecule has 17 heavy (non-hydrogen) atoms. The maximum absolute atomic E-state index is 11.9. The van der Waals surface area contributed by atoms with Gasteiger partial charge in [0.15, 0.2) is 0 Å². The summed E-state index contributed by atoms with van der Waals surface area (Å²) < 4.78 is 1.70. The molecule has 1 unspecified atom stereocenters. The largest absolute Gasteiger partial charge is 0.399 e. The van der Waals surface area contributed by atoms with Crippen LogP contribution in [-0.4, -0.2) is 34.7 Å². The molecule has 1 aromatic heterocycles. The number of nitrogens with zero attached hydrogens (tertiary/aromatic N) is 3. The second kappa shape index (κ2) is 4.08. The molecule has 0 spiro atoms. The average molecular weight is 232 g/mol. The first-order chi connectivity index (χ1) is 8.00. The van der Waals surface area contributed by atoms with Gasteiger partial charge in [0.2, 0.25) is 5.91 Å². The van der Waals surface area contributed by atoms with Gasteiger partial charge in [0.25, 0.3) is 0 Å². The van der Waals surface area contributed by atoms with Crippen molar-refractivity contribution in [2.24, 2.45) is 0 Å². The van der Waals surface area contributed by atoms with E-state index in [0.717, 1.165) is 10.9 Å². The minimum atomic E-state index is -0.329. The fourth-order valence-electron chi connectivity index (χ4n) is 1.84. The van der Waals surface area contributed by atoms with Gasteiger partial charge in [-0.25, -0.2) is 0 Å². The van der Waals surface area contributed by atoms with E-state index in [2.05, 4.69) is 5.10 Å². The third-order valence-electron chi connectivity index (χ3n) is 2.79. The van der Waals surface area contributed by atoms with Gasteiger partial charge in [0, 0.05) is 25.2 Å². The topological polar surface area (TPSA) is 64.2 Å². The predicted octanol–water partition coefficient (Wildman–Crippen LogP) is 1.27. The second-order valence-electron chi connectivity index (χ2n) is 4.32. The highest BCUT2D eigenvalue weighted by atomic mass is 16.2. The van der Waals surface area contributed by atoms with Gasteiger partial charge in [-0.3, -0.25) is 9.48 Å². The van der Waals surface area contributed by atoms with Gasteiger partial charge in [0.1, 0.15) is 6.04 Å². The van der Waals surface area contributed by atoms with E-state index >= 15 is 0 Å². The highest BCUT2D eigenvalue weighted by Gasteiger charge is 2.19. The maximum atomic E-state index is 11.9. The van der Waals surface area contributed by atoms with Gasteiger partial charge in [-0.15, -0.1) is 0 Å². The number of amides is 1. The zero-order chi connectivity index (χ0) is 12.6. The van der Waals surface area contributed by atoms with Gasteiger partial charge < -0.3 is 10.6 Å². The normalized spacial score (nSPS) is 12.6. The fraction of sp³-hybridized carbons (Fsp3) is 0.333. The molecule has 1 aromatic carbocycles. The van der Waals surface area contributed by atoms with E-state index in [9.17, 15) is 4.79 Å². The molecule has 5 heteroatoms. The van der Waals surface area contributed by atoms with Crippen molar-refractivity contribution >= 4 is 22.5 Å². The number of aromatic nitrogens is 2. The second-order valence-corrected chi connectivity index (χ2v) is 4.32. The number of benzene rings is 1. The molecule has 2 aromatic rings. The Balaban J connectivity index is 2.48. The molecule has 0 fully saturated rings. The first kappa shape index (κ1) is 11.4. The van der Waals surface area contributed by atoms with Gasteiger partial charge in [-0.1, -0.05) is 0 Å². The van der Waals surface area contributed by atoms with Crippen molar-refractivity contribution in [1.82, 2.24) is 14.7 Å². The Bertz CT molecular complexity index is 559. The van der Waals surface area contributed by atoms with E-state index in [0.29, 0.717) is 5.69 Å². The highest BCUT2D eigenvalue weighted by Crippen LogP contribution is 2.21.